The lowest BCUT2D eigenvalue weighted by molar-refractivity contribution is -0.119. The van der Waals surface area contributed by atoms with Crippen LogP contribution in [0.5, 0.6) is 0 Å². The van der Waals surface area contributed by atoms with Crippen molar-refractivity contribution in [2.45, 2.75) is 32.9 Å². The number of carbonyl (C=O) groups excluding carboxylic acids is 1. The summed E-state index contributed by atoms with van der Waals surface area (Å²) >= 11 is 5.90. The smallest absolute Gasteiger partial charge is 0.250 e. The maximum atomic E-state index is 12.0. The number of aryl methyl sites for hydroxylation is 2. The number of thiocarbonyl (C=S) groups is 1. The Balaban J connectivity index is 1.58. The van der Waals surface area contributed by atoms with E-state index in [0.717, 1.165) is 28.5 Å². The molecular formula is C30H31N5O2S. The number of amides is 1. The highest BCUT2D eigenvalue weighted by molar-refractivity contribution is 7.80. The number of nitrogens with zero attached hydrogens (tertiary/aromatic N) is 3. The molecule has 2 aromatic heterocycles. The first-order chi connectivity index (χ1) is 18.4. The summed E-state index contributed by atoms with van der Waals surface area (Å²) in [4.78, 5) is 18.8. The molecule has 38 heavy (non-hydrogen) atoms. The number of rotatable bonds is 7. The van der Waals surface area contributed by atoms with Gasteiger partial charge in [0.05, 0.1) is 17.8 Å². The molecule has 2 atom stereocenters. The molecular weight excluding hydrogens is 494 g/mol. The van der Waals surface area contributed by atoms with Crippen molar-refractivity contribution >= 4 is 34.6 Å². The predicted molar refractivity (Wildman–Crippen MR) is 155 cm³/mol. The van der Waals surface area contributed by atoms with Crippen LogP contribution >= 0.6 is 12.2 Å². The van der Waals surface area contributed by atoms with Gasteiger partial charge in [0.25, 0.3) is 0 Å². The molecule has 1 amide bonds. The summed E-state index contributed by atoms with van der Waals surface area (Å²) in [6, 6.07) is 24.2. The normalized spacial score (nSPS) is 16.9. The number of aromatic nitrogens is 2. The number of hydrogen-bond donors (Lipinski definition) is 2. The Bertz CT molecular complexity index is 1470. The van der Waals surface area contributed by atoms with Crippen molar-refractivity contribution in [2.75, 3.05) is 23.9 Å². The predicted octanol–water partition coefficient (Wildman–Crippen LogP) is 5.56. The van der Waals surface area contributed by atoms with Crippen molar-refractivity contribution in [1.29, 1.82) is 0 Å². The van der Waals surface area contributed by atoms with Gasteiger partial charge in [-0.15, -0.1) is 0 Å². The van der Waals surface area contributed by atoms with Crippen LogP contribution in [0.3, 0.4) is 0 Å². The number of carbonyl (C=O) groups is 1. The van der Waals surface area contributed by atoms with Crippen LogP contribution in [-0.2, 0) is 9.53 Å². The fourth-order valence-electron chi connectivity index (χ4n) is 5.23. The Hall–Kier alpha value is -4.01. The van der Waals surface area contributed by atoms with Crippen LogP contribution in [0.25, 0.3) is 5.69 Å². The number of pyridine rings is 1. The van der Waals surface area contributed by atoms with E-state index in [1.165, 1.54) is 18.2 Å². The van der Waals surface area contributed by atoms with Gasteiger partial charge in [-0.05, 0) is 98.7 Å². The number of ether oxygens (including phenoxy) is 1. The van der Waals surface area contributed by atoms with Gasteiger partial charge in [-0.1, -0.05) is 18.2 Å². The van der Waals surface area contributed by atoms with E-state index in [1.807, 2.05) is 48.7 Å². The third-order valence-electron chi connectivity index (χ3n) is 6.85. The summed E-state index contributed by atoms with van der Waals surface area (Å²) in [6.07, 6.45) is 1.81. The highest BCUT2D eigenvalue weighted by Gasteiger charge is 2.42. The van der Waals surface area contributed by atoms with Crippen LogP contribution in [0, 0.1) is 20.8 Å². The van der Waals surface area contributed by atoms with E-state index < -0.39 is 0 Å². The standard InChI is InChI=1S/C30H31N5O2S/c1-19-8-7-9-24(16-19)34-20(2)17-25(21(34)3)29-28(26-10-5-6-15-31-26)33-30(38)35(29)23-13-11-22(12-14-23)32-27(36)18-37-4/h5-17,28-29H,18H2,1-4H3,(H,32,36)(H,33,38)/t28-,29+/m0/s1. The highest BCUT2D eigenvalue weighted by Crippen LogP contribution is 2.44. The molecule has 0 spiro atoms. The van der Waals surface area contributed by atoms with Crippen LogP contribution < -0.4 is 15.5 Å². The second-order valence-electron chi connectivity index (χ2n) is 9.53. The first-order valence-electron chi connectivity index (χ1n) is 12.5. The molecule has 2 aromatic carbocycles. The zero-order chi connectivity index (χ0) is 26.8. The van der Waals surface area contributed by atoms with Crippen molar-refractivity contribution in [3.63, 3.8) is 0 Å². The van der Waals surface area contributed by atoms with Crippen LogP contribution in [0.15, 0.2) is 79.0 Å². The van der Waals surface area contributed by atoms with Crippen molar-refractivity contribution in [1.82, 2.24) is 14.9 Å². The van der Waals surface area contributed by atoms with E-state index in [-0.39, 0.29) is 24.6 Å². The Kier molecular flexibility index (Phi) is 7.26. The minimum atomic E-state index is -0.199. The fraction of sp³-hybridized carbons (Fsp3) is 0.233. The molecule has 0 unspecified atom stereocenters. The maximum Gasteiger partial charge on any atom is 0.250 e. The van der Waals surface area contributed by atoms with E-state index in [0.29, 0.717) is 10.8 Å². The number of benzene rings is 2. The van der Waals surface area contributed by atoms with Crippen LogP contribution in [0.2, 0.25) is 0 Å². The molecule has 7 nitrogen and oxygen atoms in total. The Morgan fingerprint density at radius 1 is 1.03 bits per heavy atom. The largest absolute Gasteiger partial charge is 0.375 e. The van der Waals surface area contributed by atoms with Crippen molar-refractivity contribution in [3.8, 4) is 5.69 Å². The van der Waals surface area contributed by atoms with Crippen LogP contribution in [-0.4, -0.2) is 34.3 Å². The average Bonchev–Trinajstić information content (AvgIpc) is 3.40. The van der Waals surface area contributed by atoms with Crippen molar-refractivity contribution < 1.29 is 9.53 Å². The number of methoxy groups -OCH3 is 1. The van der Waals surface area contributed by atoms with Gasteiger partial charge in [0.15, 0.2) is 5.11 Å². The lowest BCUT2D eigenvalue weighted by Crippen LogP contribution is -2.29. The number of nitrogens with one attached hydrogen (secondary N) is 2. The molecule has 0 bridgehead atoms. The fourth-order valence-corrected chi connectivity index (χ4v) is 5.58. The van der Waals surface area contributed by atoms with Gasteiger partial charge in [-0.3, -0.25) is 9.78 Å². The Morgan fingerprint density at radius 2 is 1.82 bits per heavy atom. The van der Waals surface area contributed by atoms with Gasteiger partial charge in [0, 0.05) is 41.8 Å². The summed E-state index contributed by atoms with van der Waals surface area (Å²) in [5, 5.41) is 7.01. The number of hydrogen-bond acceptors (Lipinski definition) is 4. The molecule has 194 valence electrons. The third kappa shape index (κ3) is 4.92. The third-order valence-corrected chi connectivity index (χ3v) is 7.17. The molecule has 0 aliphatic carbocycles. The van der Waals surface area contributed by atoms with Gasteiger partial charge in [0.2, 0.25) is 5.91 Å². The molecule has 8 heteroatoms. The first-order valence-corrected chi connectivity index (χ1v) is 12.9. The molecule has 0 saturated carbocycles. The van der Waals surface area contributed by atoms with E-state index in [9.17, 15) is 4.79 Å². The Morgan fingerprint density at radius 3 is 2.50 bits per heavy atom. The van der Waals surface area contributed by atoms with Gasteiger partial charge < -0.3 is 24.8 Å². The molecule has 1 aliphatic heterocycles. The summed E-state index contributed by atoms with van der Waals surface area (Å²) in [7, 11) is 1.50. The van der Waals surface area contributed by atoms with Gasteiger partial charge in [0.1, 0.15) is 6.61 Å². The van der Waals surface area contributed by atoms with Gasteiger partial charge >= 0.3 is 0 Å². The van der Waals surface area contributed by atoms with Crippen molar-refractivity contribution in [2.24, 2.45) is 0 Å². The zero-order valence-corrected chi connectivity index (χ0v) is 22.8. The molecule has 2 N–H and O–H groups in total. The summed E-state index contributed by atoms with van der Waals surface area (Å²) in [6.45, 7) is 6.41. The Labute approximate surface area is 228 Å². The SMILES string of the molecule is COCC(=O)Nc1ccc(N2C(=S)N[C@@H](c3ccccn3)[C@H]2c2cc(C)n(-c3cccc(C)c3)c2C)cc1. The number of anilines is 2. The second kappa shape index (κ2) is 10.8. The topological polar surface area (TPSA) is 71.4 Å². The molecule has 1 saturated heterocycles. The summed E-state index contributed by atoms with van der Waals surface area (Å²) in [5.41, 5.74) is 8.37. The van der Waals surface area contributed by atoms with Gasteiger partial charge in [-0.25, -0.2) is 0 Å². The lowest BCUT2D eigenvalue weighted by Gasteiger charge is -2.28. The maximum absolute atomic E-state index is 12.0. The lowest BCUT2D eigenvalue weighted by atomic mass is 9.96. The van der Waals surface area contributed by atoms with Crippen LogP contribution in [0.1, 0.15) is 40.3 Å². The molecule has 4 aromatic rings. The van der Waals surface area contributed by atoms with E-state index >= 15 is 0 Å². The van der Waals surface area contributed by atoms with Crippen molar-refractivity contribution in [3.05, 3.63) is 107 Å². The van der Waals surface area contributed by atoms with E-state index in [2.05, 4.69) is 76.2 Å². The highest BCUT2D eigenvalue weighted by atomic mass is 32.1. The summed E-state index contributed by atoms with van der Waals surface area (Å²) < 4.78 is 7.22. The molecule has 0 radical (unpaired) electrons. The zero-order valence-electron chi connectivity index (χ0n) is 21.9. The molecule has 5 rings (SSSR count). The van der Waals surface area contributed by atoms with E-state index in [1.54, 1.807) is 0 Å². The van der Waals surface area contributed by atoms with E-state index in [4.69, 9.17) is 17.0 Å². The molecule has 1 fully saturated rings. The average molecular weight is 526 g/mol. The second-order valence-corrected chi connectivity index (χ2v) is 9.91. The monoisotopic (exact) mass is 525 g/mol. The molecule has 1 aliphatic rings. The molecule has 3 heterocycles. The summed E-state index contributed by atoms with van der Waals surface area (Å²) in [5.74, 6) is -0.199. The van der Waals surface area contributed by atoms with Gasteiger partial charge in [-0.2, -0.15) is 0 Å². The minimum absolute atomic E-state index is 0.00622. The first kappa shape index (κ1) is 25.6. The minimum Gasteiger partial charge on any atom is -0.375 e. The van der Waals surface area contributed by atoms with Crippen LogP contribution in [0.4, 0.5) is 11.4 Å². The quantitative estimate of drug-likeness (QED) is 0.308.